The second kappa shape index (κ2) is 5.22. The second-order valence-electron chi connectivity index (χ2n) is 4.80. The van der Waals surface area contributed by atoms with Crippen molar-refractivity contribution >= 4 is 10.9 Å². The maximum absolute atomic E-state index is 9.16. The molecule has 0 radical (unpaired) electrons. The van der Waals surface area contributed by atoms with Gasteiger partial charge in [0, 0.05) is 16.8 Å². The van der Waals surface area contributed by atoms with Gasteiger partial charge in [0.05, 0.1) is 0 Å². The number of pyridine rings is 2. The van der Waals surface area contributed by atoms with Gasteiger partial charge in [-0.25, -0.2) is 9.97 Å². The molecule has 0 fully saturated rings. The highest BCUT2D eigenvalue weighted by Gasteiger charge is 2.10. The summed E-state index contributed by atoms with van der Waals surface area (Å²) < 4.78 is 5.85. The third kappa shape index (κ3) is 2.54. The maximum Gasteiger partial charge on any atom is 0.237 e. The van der Waals surface area contributed by atoms with Crippen LogP contribution in [0.25, 0.3) is 10.9 Å². The van der Waals surface area contributed by atoms with E-state index in [4.69, 9.17) is 10.00 Å². The molecule has 0 saturated carbocycles. The van der Waals surface area contributed by atoms with E-state index in [1.54, 1.807) is 12.1 Å². The van der Waals surface area contributed by atoms with Crippen molar-refractivity contribution in [2.75, 3.05) is 0 Å². The normalized spacial score (nSPS) is 10.3. The van der Waals surface area contributed by atoms with E-state index < -0.39 is 0 Å². The zero-order chi connectivity index (χ0) is 14.8. The minimum absolute atomic E-state index is 0.313. The fourth-order valence-electron chi connectivity index (χ4n) is 2.10. The fourth-order valence-corrected chi connectivity index (χ4v) is 2.10. The first-order valence-electron chi connectivity index (χ1n) is 6.59. The molecule has 2 aromatic heterocycles. The van der Waals surface area contributed by atoms with Crippen LogP contribution in [-0.2, 0) is 0 Å². The van der Waals surface area contributed by atoms with Crippen LogP contribution in [0.4, 0.5) is 0 Å². The Labute approximate surface area is 122 Å². The second-order valence-corrected chi connectivity index (χ2v) is 4.80. The first-order chi connectivity index (χ1) is 10.2. The fraction of sp³-hybridized carbons (Fsp3) is 0.118. The summed E-state index contributed by atoms with van der Waals surface area (Å²) in [4.78, 5) is 8.81. The van der Waals surface area contributed by atoms with Crippen LogP contribution in [0.5, 0.6) is 11.6 Å². The van der Waals surface area contributed by atoms with Gasteiger partial charge in [0.25, 0.3) is 0 Å². The molecule has 4 nitrogen and oxygen atoms in total. The number of hydrogen-bond acceptors (Lipinski definition) is 4. The van der Waals surface area contributed by atoms with E-state index in [1.807, 2.05) is 44.2 Å². The van der Waals surface area contributed by atoms with Crippen LogP contribution >= 0.6 is 0 Å². The number of para-hydroxylation sites is 1. The first-order valence-corrected chi connectivity index (χ1v) is 6.59. The molecule has 102 valence electrons. The lowest BCUT2D eigenvalue weighted by Crippen LogP contribution is -1.95. The summed E-state index contributed by atoms with van der Waals surface area (Å²) in [7, 11) is 0. The number of rotatable bonds is 2. The first kappa shape index (κ1) is 13.1. The van der Waals surface area contributed by atoms with Crippen molar-refractivity contribution in [2.45, 2.75) is 13.8 Å². The minimum atomic E-state index is 0.313. The van der Waals surface area contributed by atoms with Gasteiger partial charge in [0.1, 0.15) is 17.1 Å². The van der Waals surface area contributed by atoms with Gasteiger partial charge in [-0.3, -0.25) is 0 Å². The molecule has 0 spiro atoms. The van der Waals surface area contributed by atoms with Gasteiger partial charge in [0.15, 0.2) is 5.75 Å². The predicted molar refractivity (Wildman–Crippen MR) is 80.2 cm³/mol. The average molecular weight is 275 g/mol. The van der Waals surface area contributed by atoms with E-state index in [0.29, 0.717) is 17.2 Å². The molecule has 0 amide bonds. The summed E-state index contributed by atoms with van der Waals surface area (Å²) in [5.74, 6) is 0.916. The van der Waals surface area contributed by atoms with E-state index in [0.717, 1.165) is 22.3 Å². The number of aromatic nitrogens is 2. The van der Waals surface area contributed by atoms with E-state index >= 15 is 0 Å². The van der Waals surface area contributed by atoms with Crippen LogP contribution in [0, 0.1) is 25.2 Å². The van der Waals surface area contributed by atoms with Crippen LogP contribution in [0.3, 0.4) is 0 Å². The van der Waals surface area contributed by atoms with Gasteiger partial charge in [-0.2, -0.15) is 5.26 Å². The lowest BCUT2D eigenvalue weighted by Gasteiger charge is -2.09. The largest absolute Gasteiger partial charge is 0.435 e. The standard InChI is InChI=1S/C17H13N3O/c1-11-6-8-13-4-3-5-15(16(13)19-11)21-17-14(10-18)9-7-12(2)20-17/h3-9H,1-2H3. The SMILES string of the molecule is Cc1ccc(C#N)c(Oc2cccc3ccc(C)nc23)n1. The molecule has 0 atom stereocenters. The average Bonchev–Trinajstić information content (AvgIpc) is 2.48. The van der Waals surface area contributed by atoms with Crippen LogP contribution in [0.15, 0.2) is 42.5 Å². The Kier molecular flexibility index (Phi) is 3.25. The summed E-state index contributed by atoms with van der Waals surface area (Å²) >= 11 is 0. The number of nitrogens with zero attached hydrogens (tertiary/aromatic N) is 3. The van der Waals surface area contributed by atoms with Crippen LogP contribution < -0.4 is 4.74 Å². The van der Waals surface area contributed by atoms with Crippen LogP contribution in [0.1, 0.15) is 17.0 Å². The van der Waals surface area contributed by atoms with E-state index in [1.165, 1.54) is 0 Å². The Morgan fingerprint density at radius 1 is 0.952 bits per heavy atom. The molecule has 0 saturated heterocycles. The number of hydrogen-bond donors (Lipinski definition) is 0. The Morgan fingerprint density at radius 2 is 1.71 bits per heavy atom. The van der Waals surface area contributed by atoms with Crippen molar-refractivity contribution < 1.29 is 4.74 Å². The molecule has 0 N–H and O–H groups in total. The van der Waals surface area contributed by atoms with E-state index in [2.05, 4.69) is 16.0 Å². The van der Waals surface area contributed by atoms with Gasteiger partial charge in [0.2, 0.25) is 5.88 Å². The molecule has 0 aliphatic heterocycles. The number of aryl methyl sites for hydroxylation is 2. The zero-order valence-electron chi connectivity index (χ0n) is 11.8. The number of benzene rings is 1. The zero-order valence-corrected chi connectivity index (χ0v) is 11.8. The molecular formula is C17H13N3O. The van der Waals surface area contributed by atoms with Gasteiger partial charge in [-0.15, -0.1) is 0 Å². The van der Waals surface area contributed by atoms with Gasteiger partial charge < -0.3 is 4.74 Å². The highest BCUT2D eigenvalue weighted by atomic mass is 16.5. The smallest absolute Gasteiger partial charge is 0.237 e. The predicted octanol–water partition coefficient (Wildman–Crippen LogP) is 3.91. The van der Waals surface area contributed by atoms with Crippen molar-refractivity contribution in [3.63, 3.8) is 0 Å². The lowest BCUT2D eigenvalue weighted by atomic mass is 10.2. The highest BCUT2D eigenvalue weighted by Crippen LogP contribution is 2.29. The Morgan fingerprint density at radius 3 is 2.52 bits per heavy atom. The molecule has 1 aromatic carbocycles. The Balaban J connectivity index is 2.13. The topological polar surface area (TPSA) is 58.8 Å². The molecular weight excluding hydrogens is 262 g/mol. The number of ether oxygens (including phenoxy) is 1. The summed E-state index contributed by atoms with van der Waals surface area (Å²) in [6.07, 6.45) is 0. The van der Waals surface area contributed by atoms with Crippen molar-refractivity contribution in [2.24, 2.45) is 0 Å². The van der Waals surface area contributed by atoms with Gasteiger partial charge in [-0.05, 0) is 38.1 Å². The number of fused-ring (bicyclic) bond motifs is 1. The molecule has 3 rings (SSSR count). The summed E-state index contributed by atoms with van der Waals surface area (Å²) in [6.45, 7) is 3.79. The summed E-state index contributed by atoms with van der Waals surface area (Å²) in [5, 5.41) is 10.1. The van der Waals surface area contributed by atoms with E-state index in [-0.39, 0.29) is 0 Å². The van der Waals surface area contributed by atoms with Crippen molar-refractivity contribution in [3.8, 4) is 17.7 Å². The molecule has 21 heavy (non-hydrogen) atoms. The van der Waals surface area contributed by atoms with Crippen LogP contribution in [-0.4, -0.2) is 9.97 Å². The van der Waals surface area contributed by atoms with Crippen molar-refractivity contribution in [1.82, 2.24) is 9.97 Å². The lowest BCUT2D eigenvalue weighted by molar-refractivity contribution is 0.464. The molecule has 2 heterocycles. The molecule has 3 aromatic rings. The summed E-state index contributed by atoms with van der Waals surface area (Å²) in [5.41, 5.74) is 2.89. The molecule has 0 bridgehead atoms. The Bertz CT molecular complexity index is 866. The molecule has 0 unspecified atom stereocenters. The van der Waals surface area contributed by atoms with Gasteiger partial charge in [-0.1, -0.05) is 18.2 Å². The van der Waals surface area contributed by atoms with Crippen LogP contribution in [0.2, 0.25) is 0 Å². The monoisotopic (exact) mass is 275 g/mol. The quantitative estimate of drug-likeness (QED) is 0.711. The van der Waals surface area contributed by atoms with E-state index in [9.17, 15) is 0 Å². The van der Waals surface area contributed by atoms with Crippen molar-refractivity contribution in [1.29, 1.82) is 5.26 Å². The highest BCUT2D eigenvalue weighted by molar-refractivity contribution is 5.84. The third-order valence-electron chi connectivity index (χ3n) is 3.15. The van der Waals surface area contributed by atoms with Crippen molar-refractivity contribution in [3.05, 3.63) is 59.4 Å². The maximum atomic E-state index is 9.16. The summed E-state index contributed by atoms with van der Waals surface area (Å²) in [6, 6.07) is 15.3. The third-order valence-corrected chi connectivity index (χ3v) is 3.15. The molecule has 4 heteroatoms. The Hall–Kier alpha value is -2.93. The van der Waals surface area contributed by atoms with Gasteiger partial charge >= 0.3 is 0 Å². The number of nitriles is 1. The minimum Gasteiger partial charge on any atom is -0.435 e. The molecule has 0 aliphatic rings. The molecule has 0 aliphatic carbocycles.